The third-order valence-corrected chi connectivity index (χ3v) is 2.82. The molecule has 2 N–H and O–H groups in total. The third-order valence-electron chi connectivity index (χ3n) is 2.82. The van der Waals surface area contributed by atoms with Crippen LogP contribution in [-0.2, 0) is 0 Å². The first kappa shape index (κ1) is 9.00. The summed E-state index contributed by atoms with van der Waals surface area (Å²) in [4.78, 5) is 4.49. The molecular formula is C10H19N3. The fraction of sp³-hybridized carbons (Fsp3) is 0.900. The summed E-state index contributed by atoms with van der Waals surface area (Å²) in [5.41, 5.74) is 0. The van der Waals surface area contributed by atoms with Crippen LogP contribution in [0.4, 0.5) is 0 Å². The molecule has 0 aromatic carbocycles. The molecule has 2 aliphatic rings. The van der Waals surface area contributed by atoms with E-state index < -0.39 is 0 Å². The number of hydrogen-bond acceptors (Lipinski definition) is 3. The number of amidine groups is 1. The van der Waals surface area contributed by atoms with Gasteiger partial charge in [0, 0.05) is 25.6 Å². The minimum Gasteiger partial charge on any atom is -0.374 e. The smallest absolute Gasteiger partial charge is 0.0978 e. The van der Waals surface area contributed by atoms with Gasteiger partial charge in [-0.25, -0.2) is 0 Å². The van der Waals surface area contributed by atoms with E-state index >= 15 is 0 Å². The molecule has 0 bridgehead atoms. The maximum Gasteiger partial charge on any atom is 0.0978 e. The van der Waals surface area contributed by atoms with Gasteiger partial charge in [-0.2, -0.15) is 0 Å². The topological polar surface area (TPSA) is 36.4 Å². The lowest BCUT2D eigenvalue weighted by molar-refractivity contribution is 0.406. The van der Waals surface area contributed by atoms with Gasteiger partial charge in [-0.05, 0) is 25.8 Å². The van der Waals surface area contributed by atoms with Gasteiger partial charge >= 0.3 is 0 Å². The van der Waals surface area contributed by atoms with E-state index in [1.165, 1.54) is 38.1 Å². The Kier molecular flexibility index (Phi) is 3.19. The number of nitrogens with zero attached hydrogens (tertiary/aromatic N) is 1. The number of rotatable bonds is 2. The van der Waals surface area contributed by atoms with Gasteiger partial charge in [-0.1, -0.05) is 6.42 Å². The van der Waals surface area contributed by atoms with E-state index in [1.807, 2.05) is 0 Å². The Balaban J connectivity index is 1.78. The van der Waals surface area contributed by atoms with Crippen molar-refractivity contribution in [3.8, 4) is 0 Å². The second-order valence-corrected chi connectivity index (χ2v) is 3.96. The molecule has 0 aromatic rings. The van der Waals surface area contributed by atoms with Crippen molar-refractivity contribution in [1.29, 1.82) is 0 Å². The molecule has 3 heteroatoms. The fourth-order valence-electron chi connectivity index (χ4n) is 2.05. The molecular weight excluding hydrogens is 162 g/mol. The predicted octanol–water partition coefficient (Wildman–Crippen LogP) is 0.910. The molecule has 1 atom stereocenters. The molecule has 2 aliphatic heterocycles. The van der Waals surface area contributed by atoms with Gasteiger partial charge in [0.2, 0.25) is 0 Å². The molecule has 0 radical (unpaired) electrons. The standard InChI is InChI=1S/C10H19N3/c1-2-5-11-9(4-1)8-10-12-6-3-7-13-10/h9,11H,1-8H2,(H,12,13). The highest BCUT2D eigenvalue weighted by molar-refractivity contribution is 5.83. The van der Waals surface area contributed by atoms with E-state index in [1.54, 1.807) is 0 Å². The first-order valence-corrected chi connectivity index (χ1v) is 5.46. The zero-order valence-corrected chi connectivity index (χ0v) is 8.18. The number of hydrogen-bond donors (Lipinski definition) is 2. The van der Waals surface area contributed by atoms with Crippen LogP contribution in [0.25, 0.3) is 0 Å². The molecule has 0 aliphatic carbocycles. The van der Waals surface area contributed by atoms with Gasteiger partial charge in [0.25, 0.3) is 0 Å². The Morgan fingerprint density at radius 1 is 1.23 bits per heavy atom. The van der Waals surface area contributed by atoms with Crippen molar-refractivity contribution in [2.75, 3.05) is 19.6 Å². The monoisotopic (exact) mass is 181 g/mol. The van der Waals surface area contributed by atoms with Gasteiger partial charge < -0.3 is 10.6 Å². The zero-order chi connectivity index (χ0) is 8.93. The van der Waals surface area contributed by atoms with Crippen LogP contribution >= 0.6 is 0 Å². The molecule has 2 rings (SSSR count). The molecule has 0 spiro atoms. The van der Waals surface area contributed by atoms with Gasteiger partial charge in [0.1, 0.15) is 0 Å². The molecule has 0 amide bonds. The zero-order valence-electron chi connectivity index (χ0n) is 8.18. The summed E-state index contributed by atoms with van der Waals surface area (Å²) in [5.74, 6) is 1.23. The van der Waals surface area contributed by atoms with Crippen LogP contribution in [0.5, 0.6) is 0 Å². The minimum atomic E-state index is 0.679. The minimum absolute atomic E-state index is 0.679. The second-order valence-electron chi connectivity index (χ2n) is 3.96. The van der Waals surface area contributed by atoms with Crippen molar-refractivity contribution in [2.45, 2.75) is 38.1 Å². The highest BCUT2D eigenvalue weighted by Crippen LogP contribution is 2.10. The molecule has 2 heterocycles. The molecule has 0 saturated carbocycles. The van der Waals surface area contributed by atoms with E-state index in [0.717, 1.165) is 19.5 Å². The van der Waals surface area contributed by atoms with E-state index in [0.29, 0.717) is 6.04 Å². The summed E-state index contributed by atoms with van der Waals surface area (Å²) >= 11 is 0. The lowest BCUT2D eigenvalue weighted by Gasteiger charge is -2.25. The van der Waals surface area contributed by atoms with Crippen LogP contribution in [0.2, 0.25) is 0 Å². The van der Waals surface area contributed by atoms with Crippen molar-refractivity contribution < 1.29 is 0 Å². The molecule has 1 fully saturated rings. The van der Waals surface area contributed by atoms with Crippen molar-refractivity contribution in [2.24, 2.45) is 4.99 Å². The first-order chi connectivity index (χ1) is 6.45. The van der Waals surface area contributed by atoms with E-state index in [2.05, 4.69) is 15.6 Å². The van der Waals surface area contributed by atoms with Gasteiger partial charge in [-0.3, -0.25) is 4.99 Å². The largest absolute Gasteiger partial charge is 0.374 e. The van der Waals surface area contributed by atoms with Gasteiger partial charge in [0.15, 0.2) is 0 Å². The first-order valence-electron chi connectivity index (χ1n) is 5.46. The molecule has 3 nitrogen and oxygen atoms in total. The summed E-state index contributed by atoms with van der Waals surface area (Å²) in [6.07, 6.45) is 6.35. The SMILES string of the molecule is C1CN=C(CC2CCCCN2)NC1. The Hall–Kier alpha value is -0.570. The van der Waals surface area contributed by atoms with Crippen LogP contribution in [-0.4, -0.2) is 31.5 Å². The number of nitrogens with one attached hydrogen (secondary N) is 2. The van der Waals surface area contributed by atoms with Crippen molar-refractivity contribution in [3.05, 3.63) is 0 Å². The van der Waals surface area contributed by atoms with E-state index in [4.69, 9.17) is 0 Å². The average Bonchev–Trinajstić information content (AvgIpc) is 2.21. The Morgan fingerprint density at radius 2 is 2.23 bits per heavy atom. The molecule has 1 unspecified atom stereocenters. The summed E-state index contributed by atoms with van der Waals surface area (Å²) < 4.78 is 0. The summed E-state index contributed by atoms with van der Waals surface area (Å²) in [7, 11) is 0. The van der Waals surface area contributed by atoms with Crippen LogP contribution in [0.1, 0.15) is 32.1 Å². The Labute approximate surface area is 80.0 Å². The van der Waals surface area contributed by atoms with E-state index in [-0.39, 0.29) is 0 Å². The van der Waals surface area contributed by atoms with Crippen molar-refractivity contribution in [3.63, 3.8) is 0 Å². The predicted molar refractivity (Wildman–Crippen MR) is 55.2 cm³/mol. The molecule has 0 aromatic heterocycles. The van der Waals surface area contributed by atoms with Crippen LogP contribution < -0.4 is 10.6 Å². The molecule has 74 valence electrons. The van der Waals surface area contributed by atoms with Crippen LogP contribution in [0.15, 0.2) is 4.99 Å². The molecule has 13 heavy (non-hydrogen) atoms. The lowest BCUT2D eigenvalue weighted by atomic mass is 10.0. The second kappa shape index (κ2) is 4.61. The summed E-state index contributed by atoms with van der Waals surface area (Å²) in [5, 5.41) is 6.92. The number of piperidine rings is 1. The Bertz CT molecular complexity index is 183. The van der Waals surface area contributed by atoms with Crippen molar-refractivity contribution >= 4 is 5.84 Å². The molecule has 1 saturated heterocycles. The van der Waals surface area contributed by atoms with Crippen LogP contribution in [0.3, 0.4) is 0 Å². The summed E-state index contributed by atoms with van der Waals surface area (Å²) in [6, 6.07) is 0.679. The highest BCUT2D eigenvalue weighted by atomic mass is 15.0. The lowest BCUT2D eigenvalue weighted by Crippen LogP contribution is -2.40. The van der Waals surface area contributed by atoms with Crippen LogP contribution in [0, 0.1) is 0 Å². The maximum atomic E-state index is 4.49. The average molecular weight is 181 g/mol. The van der Waals surface area contributed by atoms with E-state index in [9.17, 15) is 0 Å². The maximum absolute atomic E-state index is 4.49. The highest BCUT2D eigenvalue weighted by Gasteiger charge is 2.15. The quantitative estimate of drug-likeness (QED) is 0.664. The third kappa shape index (κ3) is 2.69. The van der Waals surface area contributed by atoms with Gasteiger partial charge in [-0.15, -0.1) is 0 Å². The Morgan fingerprint density at radius 3 is 2.92 bits per heavy atom. The summed E-state index contributed by atoms with van der Waals surface area (Å²) in [6.45, 7) is 3.33. The van der Waals surface area contributed by atoms with Crippen molar-refractivity contribution in [1.82, 2.24) is 10.6 Å². The normalized spacial score (nSPS) is 29.2. The number of aliphatic imine (C=N–C) groups is 1. The fourth-order valence-corrected chi connectivity index (χ4v) is 2.05. The van der Waals surface area contributed by atoms with Gasteiger partial charge in [0.05, 0.1) is 5.84 Å².